The van der Waals surface area contributed by atoms with Crippen LogP contribution in [-0.2, 0) is 15.0 Å². The molecule has 0 saturated carbocycles. The van der Waals surface area contributed by atoms with Crippen molar-refractivity contribution in [1.82, 2.24) is 9.97 Å². The van der Waals surface area contributed by atoms with E-state index in [1.165, 1.54) is 4.90 Å². The van der Waals surface area contributed by atoms with Gasteiger partial charge in [-0.05, 0) is 62.6 Å². The van der Waals surface area contributed by atoms with Gasteiger partial charge in [-0.3, -0.25) is 14.5 Å². The molecule has 0 N–H and O–H groups in total. The predicted molar refractivity (Wildman–Crippen MR) is 105 cm³/mol. The standard InChI is InChI=1S/C19H18Cl2N4O2/c1-19(2)14-15(20)22-18(21)23-16(14)25(17(19)27)12-8-6-11(7-9-12)24-10-4-3-5-13(24)26/h6-9H,3-5,10H2,1-2H3. The third-order valence-corrected chi connectivity index (χ3v) is 5.58. The highest BCUT2D eigenvalue weighted by atomic mass is 35.5. The summed E-state index contributed by atoms with van der Waals surface area (Å²) in [5.41, 5.74) is 1.17. The highest BCUT2D eigenvalue weighted by Crippen LogP contribution is 2.47. The van der Waals surface area contributed by atoms with E-state index in [0.717, 1.165) is 25.1 Å². The van der Waals surface area contributed by atoms with Crippen molar-refractivity contribution in [1.29, 1.82) is 0 Å². The van der Waals surface area contributed by atoms with Crippen LogP contribution in [0.15, 0.2) is 24.3 Å². The Labute approximate surface area is 167 Å². The van der Waals surface area contributed by atoms with Gasteiger partial charge in [0.25, 0.3) is 0 Å². The quantitative estimate of drug-likeness (QED) is 0.553. The van der Waals surface area contributed by atoms with Gasteiger partial charge >= 0.3 is 0 Å². The zero-order valence-electron chi connectivity index (χ0n) is 15.0. The second-order valence-electron chi connectivity index (χ2n) is 7.27. The van der Waals surface area contributed by atoms with Crippen molar-refractivity contribution in [2.24, 2.45) is 0 Å². The molecule has 1 aromatic heterocycles. The number of fused-ring (bicyclic) bond motifs is 1. The van der Waals surface area contributed by atoms with Crippen molar-refractivity contribution >= 4 is 52.2 Å². The molecule has 4 rings (SSSR count). The molecule has 3 heterocycles. The Morgan fingerprint density at radius 2 is 1.67 bits per heavy atom. The van der Waals surface area contributed by atoms with Crippen LogP contribution in [0.5, 0.6) is 0 Å². The zero-order valence-corrected chi connectivity index (χ0v) is 16.5. The van der Waals surface area contributed by atoms with Gasteiger partial charge in [0, 0.05) is 24.2 Å². The fraction of sp³-hybridized carbons (Fsp3) is 0.368. The number of halogens is 2. The Morgan fingerprint density at radius 3 is 2.33 bits per heavy atom. The Balaban J connectivity index is 1.74. The summed E-state index contributed by atoms with van der Waals surface area (Å²) in [4.78, 5) is 36.7. The predicted octanol–water partition coefficient (Wildman–Crippen LogP) is 4.26. The maximum atomic E-state index is 13.1. The van der Waals surface area contributed by atoms with Crippen LogP contribution in [0.4, 0.5) is 17.2 Å². The molecule has 2 aromatic rings. The van der Waals surface area contributed by atoms with Gasteiger partial charge in [-0.25, -0.2) is 4.98 Å². The number of carbonyl (C=O) groups excluding carboxylic acids is 2. The Hall–Kier alpha value is -2.18. The van der Waals surface area contributed by atoms with Gasteiger partial charge in [0.05, 0.1) is 11.1 Å². The number of anilines is 3. The van der Waals surface area contributed by atoms with E-state index in [0.29, 0.717) is 23.5 Å². The first-order valence-electron chi connectivity index (χ1n) is 8.79. The average molecular weight is 405 g/mol. The summed E-state index contributed by atoms with van der Waals surface area (Å²) in [6.07, 6.45) is 2.50. The fourth-order valence-electron chi connectivity index (χ4n) is 3.68. The first-order valence-corrected chi connectivity index (χ1v) is 9.55. The molecule has 2 aliphatic rings. The van der Waals surface area contributed by atoms with E-state index < -0.39 is 5.41 Å². The number of nitrogens with zero attached hydrogens (tertiary/aromatic N) is 4. The summed E-state index contributed by atoms with van der Waals surface area (Å²) in [5, 5.41) is 0.172. The van der Waals surface area contributed by atoms with Crippen LogP contribution in [0.1, 0.15) is 38.7 Å². The normalized spacial score (nSPS) is 18.8. The van der Waals surface area contributed by atoms with Crippen LogP contribution in [0, 0.1) is 0 Å². The molecule has 27 heavy (non-hydrogen) atoms. The highest BCUT2D eigenvalue weighted by Gasteiger charge is 2.48. The average Bonchev–Trinajstić information content (AvgIpc) is 2.82. The first kappa shape index (κ1) is 18.2. The molecule has 140 valence electrons. The molecule has 1 fully saturated rings. The summed E-state index contributed by atoms with van der Waals surface area (Å²) in [6, 6.07) is 7.32. The largest absolute Gasteiger partial charge is 0.312 e. The molecular weight excluding hydrogens is 387 g/mol. The molecule has 0 bridgehead atoms. The molecule has 0 aliphatic carbocycles. The SMILES string of the molecule is CC1(C)C(=O)N(c2ccc(N3CCCCC3=O)cc2)c2nc(Cl)nc(Cl)c21. The van der Waals surface area contributed by atoms with Crippen LogP contribution >= 0.6 is 23.2 Å². The van der Waals surface area contributed by atoms with Gasteiger partial charge in [-0.15, -0.1) is 0 Å². The van der Waals surface area contributed by atoms with E-state index in [-0.39, 0.29) is 22.3 Å². The lowest BCUT2D eigenvalue weighted by molar-refractivity contribution is -0.121. The van der Waals surface area contributed by atoms with Gasteiger partial charge in [-0.2, -0.15) is 4.98 Å². The molecule has 0 unspecified atom stereocenters. The smallest absolute Gasteiger partial charge is 0.243 e. The minimum absolute atomic E-state index is 0.00946. The Bertz CT molecular complexity index is 943. The summed E-state index contributed by atoms with van der Waals surface area (Å²) in [7, 11) is 0. The third kappa shape index (κ3) is 2.87. The molecule has 2 amide bonds. The molecule has 1 aromatic carbocycles. The molecule has 6 nitrogen and oxygen atoms in total. The van der Waals surface area contributed by atoms with E-state index >= 15 is 0 Å². The van der Waals surface area contributed by atoms with Crippen molar-refractivity contribution < 1.29 is 9.59 Å². The zero-order chi connectivity index (χ0) is 19.3. The van der Waals surface area contributed by atoms with Gasteiger partial charge in [0.1, 0.15) is 5.15 Å². The second-order valence-corrected chi connectivity index (χ2v) is 7.96. The maximum absolute atomic E-state index is 13.1. The topological polar surface area (TPSA) is 66.4 Å². The van der Waals surface area contributed by atoms with Gasteiger partial charge in [-0.1, -0.05) is 11.6 Å². The van der Waals surface area contributed by atoms with Crippen LogP contribution in [0.25, 0.3) is 0 Å². The lowest BCUT2D eigenvalue weighted by Crippen LogP contribution is -2.35. The number of hydrogen-bond donors (Lipinski definition) is 0. The van der Waals surface area contributed by atoms with Crippen LogP contribution in [0.2, 0.25) is 10.4 Å². The third-order valence-electron chi connectivity index (χ3n) is 5.14. The summed E-state index contributed by atoms with van der Waals surface area (Å²) in [5.74, 6) is 0.374. The van der Waals surface area contributed by atoms with Crippen molar-refractivity contribution in [3.05, 3.63) is 40.3 Å². The minimum Gasteiger partial charge on any atom is -0.312 e. The minimum atomic E-state index is -0.863. The maximum Gasteiger partial charge on any atom is 0.243 e. The number of benzene rings is 1. The highest BCUT2D eigenvalue weighted by molar-refractivity contribution is 6.34. The summed E-state index contributed by atoms with van der Waals surface area (Å²) in [6.45, 7) is 4.30. The van der Waals surface area contributed by atoms with E-state index in [1.807, 2.05) is 24.3 Å². The summed E-state index contributed by atoms with van der Waals surface area (Å²) >= 11 is 12.2. The van der Waals surface area contributed by atoms with Crippen molar-refractivity contribution in [2.45, 2.75) is 38.5 Å². The number of amides is 2. The number of hydrogen-bond acceptors (Lipinski definition) is 4. The first-order chi connectivity index (χ1) is 12.8. The monoisotopic (exact) mass is 404 g/mol. The van der Waals surface area contributed by atoms with Gasteiger partial charge in [0.15, 0.2) is 5.82 Å². The van der Waals surface area contributed by atoms with E-state index in [2.05, 4.69) is 9.97 Å². The molecular formula is C19H18Cl2N4O2. The molecule has 0 spiro atoms. The van der Waals surface area contributed by atoms with Crippen LogP contribution < -0.4 is 9.80 Å². The molecule has 2 aliphatic heterocycles. The van der Waals surface area contributed by atoms with Crippen molar-refractivity contribution in [3.63, 3.8) is 0 Å². The van der Waals surface area contributed by atoms with Crippen LogP contribution in [0.3, 0.4) is 0 Å². The Kier molecular flexibility index (Phi) is 4.35. The van der Waals surface area contributed by atoms with Crippen molar-refractivity contribution in [2.75, 3.05) is 16.3 Å². The molecule has 0 atom stereocenters. The summed E-state index contributed by atoms with van der Waals surface area (Å²) < 4.78 is 0. The Morgan fingerprint density at radius 1 is 1.00 bits per heavy atom. The lowest BCUT2D eigenvalue weighted by Gasteiger charge is -2.27. The van der Waals surface area contributed by atoms with E-state index in [4.69, 9.17) is 23.2 Å². The van der Waals surface area contributed by atoms with Crippen molar-refractivity contribution in [3.8, 4) is 0 Å². The number of rotatable bonds is 2. The number of piperidine rings is 1. The molecule has 1 saturated heterocycles. The van der Waals surface area contributed by atoms with Gasteiger partial charge < -0.3 is 4.90 Å². The lowest BCUT2D eigenvalue weighted by atomic mass is 9.88. The van der Waals surface area contributed by atoms with Crippen LogP contribution in [-0.4, -0.2) is 28.3 Å². The van der Waals surface area contributed by atoms with Gasteiger partial charge in [0.2, 0.25) is 17.1 Å². The number of carbonyl (C=O) groups is 2. The van der Waals surface area contributed by atoms with E-state index in [9.17, 15) is 9.59 Å². The second kappa shape index (κ2) is 6.46. The molecule has 8 heteroatoms. The number of aromatic nitrogens is 2. The fourth-order valence-corrected chi connectivity index (χ4v) is 4.29. The molecule has 0 radical (unpaired) electrons. The van der Waals surface area contributed by atoms with E-state index in [1.54, 1.807) is 18.7 Å².